The highest BCUT2D eigenvalue weighted by Crippen LogP contribution is 2.21. The minimum absolute atomic E-state index is 0.236. The van der Waals surface area contributed by atoms with Crippen molar-refractivity contribution in [1.29, 1.82) is 0 Å². The van der Waals surface area contributed by atoms with Crippen LogP contribution < -0.4 is 0 Å². The van der Waals surface area contributed by atoms with Gasteiger partial charge in [0.15, 0.2) is 0 Å². The maximum Gasteiger partial charge on any atom is 0.131 e. The summed E-state index contributed by atoms with van der Waals surface area (Å²) in [5.41, 5.74) is -0.236. The van der Waals surface area contributed by atoms with Crippen LogP contribution in [0.4, 0.5) is 8.78 Å². The van der Waals surface area contributed by atoms with Gasteiger partial charge in [-0.2, -0.15) is 0 Å². The molecule has 2 nitrogen and oxygen atoms in total. The van der Waals surface area contributed by atoms with Crippen LogP contribution in [0, 0.1) is 17.6 Å². The molecule has 1 rings (SSSR count). The number of nitrogens with zero attached hydrogens (tertiary/aromatic N) is 1. The minimum atomic E-state index is -1.13. The van der Waals surface area contributed by atoms with E-state index in [2.05, 4.69) is 13.8 Å². The molecule has 1 N–H and O–H groups in total. The van der Waals surface area contributed by atoms with E-state index in [-0.39, 0.29) is 12.1 Å². The lowest BCUT2D eigenvalue weighted by Gasteiger charge is -2.25. The molecule has 0 aliphatic rings. The van der Waals surface area contributed by atoms with Crippen molar-refractivity contribution in [1.82, 2.24) is 4.90 Å². The van der Waals surface area contributed by atoms with Gasteiger partial charge in [0.25, 0.3) is 0 Å². The van der Waals surface area contributed by atoms with Gasteiger partial charge in [-0.1, -0.05) is 26.8 Å². The molecule has 0 bridgehead atoms. The Hall–Kier alpha value is -1.00. The fourth-order valence-electron chi connectivity index (χ4n) is 2.01. The number of aliphatic hydroxyl groups excluding tert-OH is 1. The maximum atomic E-state index is 13.5. The molecule has 0 spiro atoms. The Bertz CT molecular complexity index is 362. The van der Waals surface area contributed by atoms with Gasteiger partial charge >= 0.3 is 0 Å². The molecular formula is C14H21F2NO. The lowest BCUT2D eigenvalue weighted by molar-refractivity contribution is 0.103. The zero-order valence-electron chi connectivity index (χ0n) is 11.2. The summed E-state index contributed by atoms with van der Waals surface area (Å²) in [5.74, 6) is -0.936. The predicted molar refractivity (Wildman–Crippen MR) is 68.3 cm³/mol. The number of hydrogen-bond donors (Lipinski definition) is 1. The highest BCUT2D eigenvalue weighted by Gasteiger charge is 2.20. The lowest BCUT2D eigenvalue weighted by Crippen LogP contribution is -2.32. The molecule has 1 unspecified atom stereocenters. The molecule has 0 heterocycles. The van der Waals surface area contributed by atoms with E-state index in [1.807, 2.05) is 11.8 Å². The molecule has 0 saturated heterocycles. The van der Waals surface area contributed by atoms with E-state index in [0.717, 1.165) is 13.1 Å². The molecule has 0 amide bonds. The van der Waals surface area contributed by atoms with Crippen LogP contribution in [0.5, 0.6) is 0 Å². The van der Waals surface area contributed by atoms with Crippen molar-refractivity contribution < 1.29 is 13.9 Å². The van der Waals surface area contributed by atoms with E-state index in [9.17, 15) is 13.9 Å². The van der Waals surface area contributed by atoms with Crippen molar-refractivity contribution >= 4 is 0 Å². The molecule has 0 aromatic heterocycles. The molecule has 0 aliphatic carbocycles. The van der Waals surface area contributed by atoms with Crippen LogP contribution >= 0.6 is 0 Å². The molecule has 0 aliphatic heterocycles. The Morgan fingerprint density at radius 2 is 1.72 bits per heavy atom. The first-order valence-corrected chi connectivity index (χ1v) is 6.30. The Balaban J connectivity index is 2.77. The van der Waals surface area contributed by atoms with Gasteiger partial charge in [-0.3, -0.25) is 0 Å². The molecule has 4 heteroatoms. The van der Waals surface area contributed by atoms with Crippen LogP contribution in [0.1, 0.15) is 32.4 Å². The van der Waals surface area contributed by atoms with Crippen LogP contribution in [0.2, 0.25) is 0 Å². The third kappa shape index (κ3) is 4.03. The Kier molecular flexibility index (Phi) is 5.69. The fourth-order valence-corrected chi connectivity index (χ4v) is 2.01. The largest absolute Gasteiger partial charge is 0.387 e. The monoisotopic (exact) mass is 257 g/mol. The molecule has 1 aromatic carbocycles. The summed E-state index contributed by atoms with van der Waals surface area (Å²) in [6.07, 6.45) is -1.13. The fraction of sp³-hybridized carbons (Fsp3) is 0.571. The summed E-state index contributed by atoms with van der Waals surface area (Å²) in [7, 11) is 0. The van der Waals surface area contributed by atoms with Crippen LogP contribution in [0.25, 0.3) is 0 Å². The molecule has 102 valence electrons. The maximum absolute atomic E-state index is 13.5. The molecule has 0 fully saturated rings. The number of aliphatic hydroxyl groups is 1. The molecule has 1 aromatic rings. The van der Waals surface area contributed by atoms with Crippen LogP contribution in [0.3, 0.4) is 0 Å². The van der Waals surface area contributed by atoms with Gasteiger partial charge in [0.1, 0.15) is 11.6 Å². The summed E-state index contributed by atoms with van der Waals surface area (Å²) in [6, 6.07) is 3.63. The van der Waals surface area contributed by atoms with Gasteiger partial charge in [-0.05, 0) is 24.6 Å². The average molecular weight is 257 g/mol. The standard InChI is InChI=1S/C14H21F2NO/c1-4-17(8-10(2)3)9-13(18)14-11(15)6-5-7-12(14)16/h5-7,10,13,18H,4,8-9H2,1-3H3. The second-order valence-electron chi connectivity index (χ2n) is 4.90. The van der Waals surface area contributed by atoms with Crippen molar-refractivity contribution in [2.75, 3.05) is 19.6 Å². The van der Waals surface area contributed by atoms with Crippen LogP contribution in [-0.4, -0.2) is 29.6 Å². The number of hydrogen-bond acceptors (Lipinski definition) is 2. The zero-order valence-corrected chi connectivity index (χ0v) is 11.2. The van der Waals surface area contributed by atoms with E-state index in [0.29, 0.717) is 5.92 Å². The second-order valence-corrected chi connectivity index (χ2v) is 4.90. The quantitative estimate of drug-likeness (QED) is 0.847. The van der Waals surface area contributed by atoms with Gasteiger partial charge in [-0.15, -0.1) is 0 Å². The van der Waals surface area contributed by atoms with E-state index in [1.165, 1.54) is 18.2 Å². The molecular weight excluding hydrogens is 236 g/mol. The van der Waals surface area contributed by atoms with Crippen molar-refractivity contribution in [3.8, 4) is 0 Å². The Morgan fingerprint density at radius 1 is 1.17 bits per heavy atom. The minimum Gasteiger partial charge on any atom is -0.387 e. The molecule has 18 heavy (non-hydrogen) atoms. The summed E-state index contributed by atoms with van der Waals surface area (Å²) in [6.45, 7) is 7.88. The van der Waals surface area contributed by atoms with Gasteiger partial charge in [0.2, 0.25) is 0 Å². The van der Waals surface area contributed by atoms with Crippen molar-refractivity contribution in [3.05, 3.63) is 35.4 Å². The van der Waals surface area contributed by atoms with E-state index in [1.54, 1.807) is 0 Å². The molecule has 1 atom stereocenters. The first-order chi connectivity index (χ1) is 8.45. The van der Waals surface area contributed by atoms with Gasteiger partial charge in [0, 0.05) is 13.1 Å². The number of likely N-dealkylation sites (N-methyl/N-ethyl adjacent to an activating group) is 1. The summed E-state index contributed by atoms with van der Waals surface area (Å²) in [4.78, 5) is 1.99. The van der Waals surface area contributed by atoms with Crippen molar-refractivity contribution in [3.63, 3.8) is 0 Å². The second kappa shape index (κ2) is 6.81. The first kappa shape index (κ1) is 15.1. The topological polar surface area (TPSA) is 23.5 Å². The van der Waals surface area contributed by atoms with E-state index >= 15 is 0 Å². The normalized spacial score (nSPS) is 13.3. The SMILES string of the molecule is CCN(CC(C)C)CC(O)c1c(F)cccc1F. The van der Waals surface area contributed by atoms with Gasteiger partial charge in [-0.25, -0.2) is 8.78 Å². The van der Waals surface area contributed by atoms with Crippen molar-refractivity contribution in [2.45, 2.75) is 26.9 Å². The van der Waals surface area contributed by atoms with E-state index < -0.39 is 17.7 Å². The zero-order chi connectivity index (χ0) is 13.7. The highest BCUT2D eigenvalue weighted by atomic mass is 19.1. The highest BCUT2D eigenvalue weighted by molar-refractivity contribution is 5.22. The van der Waals surface area contributed by atoms with E-state index in [4.69, 9.17) is 0 Å². The molecule has 0 radical (unpaired) electrons. The lowest BCUT2D eigenvalue weighted by atomic mass is 10.1. The number of rotatable bonds is 6. The van der Waals surface area contributed by atoms with Crippen LogP contribution in [-0.2, 0) is 0 Å². The molecule has 0 saturated carbocycles. The summed E-state index contributed by atoms with van der Waals surface area (Å²) < 4.78 is 27.0. The van der Waals surface area contributed by atoms with Gasteiger partial charge in [0.05, 0.1) is 11.7 Å². The summed E-state index contributed by atoms with van der Waals surface area (Å²) in [5, 5.41) is 9.97. The first-order valence-electron chi connectivity index (χ1n) is 6.30. The average Bonchev–Trinajstić information content (AvgIpc) is 2.27. The van der Waals surface area contributed by atoms with Crippen LogP contribution in [0.15, 0.2) is 18.2 Å². The third-order valence-electron chi connectivity index (χ3n) is 2.83. The Morgan fingerprint density at radius 3 is 2.17 bits per heavy atom. The number of halogens is 2. The third-order valence-corrected chi connectivity index (χ3v) is 2.83. The predicted octanol–water partition coefficient (Wildman–Crippen LogP) is 2.98. The Labute approximate surface area is 107 Å². The summed E-state index contributed by atoms with van der Waals surface area (Å²) >= 11 is 0. The smallest absolute Gasteiger partial charge is 0.131 e. The number of benzene rings is 1. The van der Waals surface area contributed by atoms with Crippen molar-refractivity contribution in [2.24, 2.45) is 5.92 Å². The van der Waals surface area contributed by atoms with Gasteiger partial charge < -0.3 is 10.0 Å².